The molecule has 0 aliphatic heterocycles. The van der Waals surface area contributed by atoms with E-state index >= 15 is 0 Å². The van der Waals surface area contributed by atoms with Gasteiger partial charge in [0.2, 0.25) is 5.88 Å². The minimum absolute atomic E-state index is 0.173. The van der Waals surface area contributed by atoms with E-state index in [-0.39, 0.29) is 5.75 Å². The van der Waals surface area contributed by atoms with Crippen LogP contribution in [0.5, 0.6) is 11.6 Å². The van der Waals surface area contributed by atoms with Crippen molar-refractivity contribution >= 4 is 5.96 Å². The minimum Gasteiger partial charge on any atom is -0.484 e. The molecule has 1 heterocycles. The van der Waals surface area contributed by atoms with Crippen molar-refractivity contribution in [2.75, 3.05) is 20.3 Å². The quantitative estimate of drug-likeness (QED) is 0.530. The van der Waals surface area contributed by atoms with Crippen LogP contribution in [0.4, 0.5) is 13.2 Å². The number of hydrogen-bond acceptors (Lipinski definition) is 4. The number of nitrogens with zero attached hydrogens (tertiary/aromatic N) is 2. The Balaban J connectivity index is 1.81. The molecule has 152 valence electrons. The molecule has 28 heavy (non-hydrogen) atoms. The number of rotatable bonds is 8. The number of nitrogens with one attached hydrogen (secondary N) is 2. The van der Waals surface area contributed by atoms with Crippen molar-refractivity contribution in [3.05, 3.63) is 53.7 Å². The number of aliphatic imine (C=N–C) groups is 1. The van der Waals surface area contributed by atoms with Crippen LogP contribution in [0.3, 0.4) is 0 Å². The summed E-state index contributed by atoms with van der Waals surface area (Å²) in [6.07, 6.45) is -2.67. The van der Waals surface area contributed by atoms with Crippen molar-refractivity contribution < 1.29 is 22.6 Å². The van der Waals surface area contributed by atoms with Gasteiger partial charge in [0.25, 0.3) is 0 Å². The van der Waals surface area contributed by atoms with E-state index in [2.05, 4.69) is 25.3 Å². The fraction of sp³-hybridized carbons (Fsp3) is 0.368. The molecule has 0 aliphatic rings. The maximum atomic E-state index is 12.2. The Morgan fingerprint density at radius 1 is 1.04 bits per heavy atom. The Kier molecular flexibility index (Phi) is 7.91. The molecule has 2 rings (SSSR count). The highest BCUT2D eigenvalue weighted by Crippen LogP contribution is 2.18. The fourth-order valence-corrected chi connectivity index (χ4v) is 2.25. The lowest BCUT2D eigenvalue weighted by Gasteiger charge is -2.13. The summed E-state index contributed by atoms with van der Waals surface area (Å²) in [4.78, 5) is 8.27. The molecule has 0 radical (unpaired) electrons. The smallest absolute Gasteiger partial charge is 0.422 e. The predicted molar refractivity (Wildman–Crippen MR) is 100 cm³/mol. The van der Waals surface area contributed by atoms with Gasteiger partial charge in [-0.3, -0.25) is 4.99 Å². The maximum absolute atomic E-state index is 12.2. The minimum atomic E-state index is -4.35. The molecule has 0 amide bonds. The van der Waals surface area contributed by atoms with Crippen LogP contribution < -0.4 is 20.1 Å². The van der Waals surface area contributed by atoms with Gasteiger partial charge >= 0.3 is 6.18 Å². The molecule has 0 unspecified atom stereocenters. The van der Waals surface area contributed by atoms with E-state index in [1.807, 2.05) is 19.1 Å². The standard InChI is InChI=1S/C19H23F3N4O2/c1-3-27-17-10-15(8-9-24-17)12-26-18(23-2)25-11-14-4-6-16(7-5-14)28-13-19(20,21)22/h4-10H,3,11-13H2,1-2H3,(H2,23,25,26). The van der Waals surface area contributed by atoms with E-state index in [1.54, 1.807) is 25.4 Å². The van der Waals surface area contributed by atoms with Gasteiger partial charge in [0.1, 0.15) is 5.75 Å². The highest BCUT2D eigenvalue weighted by Gasteiger charge is 2.28. The van der Waals surface area contributed by atoms with E-state index in [1.165, 1.54) is 12.1 Å². The van der Waals surface area contributed by atoms with Gasteiger partial charge in [-0.25, -0.2) is 4.98 Å². The summed E-state index contributed by atoms with van der Waals surface area (Å²) >= 11 is 0. The molecule has 6 nitrogen and oxygen atoms in total. The fourth-order valence-electron chi connectivity index (χ4n) is 2.25. The van der Waals surface area contributed by atoms with Crippen LogP contribution in [0, 0.1) is 0 Å². The molecular formula is C19H23F3N4O2. The molecule has 2 aromatic rings. The molecule has 0 atom stereocenters. The van der Waals surface area contributed by atoms with E-state index < -0.39 is 12.8 Å². The zero-order valence-electron chi connectivity index (χ0n) is 15.7. The van der Waals surface area contributed by atoms with Crippen LogP contribution in [-0.2, 0) is 13.1 Å². The monoisotopic (exact) mass is 396 g/mol. The molecule has 0 spiro atoms. The van der Waals surface area contributed by atoms with Gasteiger partial charge in [-0.1, -0.05) is 12.1 Å². The van der Waals surface area contributed by atoms with Crippen molar-refractivity contribution in [3.63, 3.8) is 0 Å². The number of pyridine rings is 1. The van der Waals surface area contributed by atoms with Gasteiger partial charge in [-0.2, -0.15) is 13.2 Å². The number of guanidine groups is 1. The molecule has 1 aromatic heterocycles. The summed E-state index contributed by atoms with van der Waals surface area (Å²) < 4.78 is 46.5. The molecule has 0 fully saturated rings. The molecule has 0 aliphatic carbocycles. The van der Waals surface area contributed by atoms with Crippen LogP contribution in [0.1, 0.15) is 18.1 Å². The van der Waals surface area contributed by atoms with E-state index in [0.717, 1.165) is 11.1 Å². The first-order valence-electron chi connectivity index (χ1n) is 8.70. The molecule has 0 saturated heterocycles. The average Bonchev–Trinajstić information content (AvgIpc) is 2.67. The first-order chi connectivity index (χ1) is 13.4. The highest BCUT2D eigenvalue weighted by atomic mass is 19.4. The second-order valence-corrected chi connectivity index (χ2v) is 5.76. The van der Waals surface area contributed by atoms with Gasteiger partial charge in [-0.05, 0) is 36.2 Å². The maximum Gasteiger partial charge on any atom is 0.422 e. The largest absolute Gasteiger partial charge is 0.484 e. The van der Waals surface area contributed by atoms with Crippen molar-refractivity contribution in [3.8, 4) is 11.6 Å². The number of hydrogen-bond donors (Lipinski definition) is 2. The average molecular weight is 396 g/mol. The summed E-state index contributed by atoms with van der Waals surface area (Å²) in [6, 6.07) is 10.1. The zero-order valence-corrected chi connectivity index (χ0v) is 15.7. The van der Waals surface area contributed by atoms with Gasteiger partial charge in [0.05, 0.1) is 6.61 Å². The Labute approximate surface area is 161 Å². The molecule has 9 heteroatoms. The van der Waals surface area contributed by atoms with Crippen LogP contribution >= 0.6 is 0 Å². The third kappa shape index (κ3) is 7.73. The van der Waals surface area contributed by atoms with Gasteiger partial charge in [-0.15, -0.1) is 0 Å². The Hall–Kier alpha value is -2.97. The third-order valence-corrected chi connectivity index (χ3v) is 3.56. The highest BCUT2D eigenvalue weighted by molar-refractivity contribution is 5.79. The lowest BCUT2D eigenvalue weighted by molar-refractivity contribution is -0.153. The van der Waals surface area contributed by atoms with Gasteiger partial charge in [0.15, 0.2) is 12.6 Å². The normalized spacial score (nSPS) is 11.8. The Morgan fingerprint density at radius 2 is 1.71 bits per heavy atom. The number of aromatic nitrogens is 1. The number of ether oxygens (including phenoxy) is 2. The van der Waals surface area contributed by atoms with E-state index in [9.17, 15) is 13.2 Å². The number of benzene rings is 1. The van der Waals surface area contributed by atoms with Gasteiger partial charge in [0, 0.05) is 32.4 Å². The molecule has 2 N–H and O–H groups in total. The summed E-state index contributed by atoms with van der Waals surface area (Å²) in [6.45, 7) is 2.13. The molecule has 0 saturated carbocycles. The topological polar surface area (TPSA) is 67.8 Å². The number of alkyl halides is 3. The Bertz CT molecular complexity index is 765. The third-order valence-electron chi connectivity index (χ3n) is 3.56. The second kappa shape index (κ2) is 10.4. The summed E-state index contributed by atoms with van der Waals surface area (Å²) in [5, 5.41) is 6.32. The first kappa shape index (κ1) is 21.3. The summed E-state index contributed by atoms with van der Waals surface area (Å²) in [5.74, 6) is 1.33. The van der Waals surface area contributed by atoms with Crippen LogP contribution in [-0.4, -0.2) is 37.4 Å². The molecule has 1 aromatic carbocycles. The number of halogens is 3. The van der Waals surface area contributed by atoms with Crippen molar-refractivity contribution in [2.24, 2.45) is 4.99 Å². The zero-order chi connectivity index (χ0) is 20.4. The van der Waals surface area contributed by atoms with E-state index in [4.69, 9.17) is 4.74 Å². The van der Waals surface area contributed by atoms with Crippen LogP contribution in [0.2, 0.25) is 0 Å². The SMILES string of the molecule is CCOc1cc(CNC(=NC)NCc2ccc(OCC(F)(F)F)cc2)ccn1. The molecule has 0 bridgehead atoms. The lowest BCUT2D eigenvalue weighted by Crippen LogP contribution is -2.36. The Morgan fingerprint density at radius 3 is 2.32 bits per heavy atom. The predicted octanol–water partition coefficient (Wildman–Crippen LogP) is 3.29. The molecular weight excluding hydrogens is 373 g/mol. The van der Waals surface area contributed by atoms with Crippen LogP contribution in [0.15, 0.2) is 47.6 Å². The lowest BCUT2D eigenvalue weighted by atomic mass is 10.2. The second-order valence-electron chi connectivity index (χ2n) is 5.76. The van der Waals surface area contributed by atoms with Crippen molar-refractivity contribution in [1.29, 1.82) is 0 Å². The van der Waals surface area contributed by atoms with Crippen molar-refractivity contribution in [1.82, 2.24) is 15.6 Å². The summed E-state index contributed by atoms with van der Waals surface area (Å²) in [7, 11) is 1.65. The summed E-state index contributed by atoms with van der Waals surface area (Å²) in [5.41, 5.74) is 1.87. The van der Waals surface area contributed by atoms with Crippen molar-refractivity contribution in [2.45, 2.75) is 26.2 Å². The van der Waals surface area contributed by atoms with Crippen LogP contribution in [0.25, 0.3) is 0 Å². The van der Waals surface area contributed by atoms with Gasteiger partial charge < -0.3 is 20.1 Å². The van der Waals surface area contributed by atoms with E-state index in [0.29, 0.717) is 31.5 Å². The first-order valence-corrected chi connectivity index (χ1v) is 8.70.